The predicted molar refractivity (Wildman–Crippen MR) is 123 cm³/mol. The molecule has 0 radical (unpaired) electrons. The van der Waals surface area contributed by atoms with Gasteiger partial charge in [0.1, 0.15) is 11.3 Å². The number of anilines is 2. The van der Waals surface area contributed by atoms with Gasteiger partial charge in [-0.15, -0.1) is 0 Å². The van der Waals surface area contributed by atoms with Gasteiger partial charge >= 0.3 is 7.60 Å². The summed E-state index contributed by atoms with van der Waals surface area (Å²) in [7, 11) is -3.42. The number of H-pyrrole nitrogens is 1. The fourth-order valence-electron chi connectivity index (χ4n) is 4.12. The van der Waals surface area contributed by atoms with Crippen molar-refractivity contribution >= 4 is 36.1 Å². The normalized spacial score (nSPS) is 15.7. The Kier molecular flexibility index (Phi) is 7.69. The summed E-state index contributed by atoms with van der Waals surface area (Å²) in [5.41, 5.74) is 6.22. The van der Waals surface area contributed by atoms with Crippen LogP contribution in [0.2, 0.25) is 0 Å². The number of primary amides is 1. The minimum atomic E-state index is -3.42. The lowest BCUT2D eigenvalue weighted by atomic mass is 9.68. The molecule has 0 unspecified atom stereocenters. The topological polar surface area (TPSA) is 160 Å². The molecule has 0 atom stereocenters. The van der Waals surface area contributed by atoms with Crippen LogP contribution in [0.25, 0.3) is 0 Å². The number of nitrogens with zero attached hydrogens (tertiary/aromatic N) is 2. The lowest BCUT2D eigenvalue weighted by molar-refractivity contribution is -0.121. The molecule has 0 aliphatic heterocycles. The minimum absolute atomic E-state index is 0.138. The van der Waals surface area contributed by atoms with E-state index in [9.17, 15) is 19.4 Å². The van der Waals surface area contributed by atoms with Gasteiger partial charge in [-0.25, -0.2) is 0 Å². The second kappa shape index (κ2) is 10.3. The van der Waals surface area contributed by atoms with Crippen molar-refractivity contribution in [1.82, 2.24) is 10.2 Å². The Morgan fingerprint density at radius 2 is 1.85 bits per heavy atom. The molecule has 1 aromatic carbocycles. The second-order valence-electron chi connectivity index (χ2n) is 7.85. The molecule has 10 nitrogen and oxygen atoms in total. The van der Waals surface area contributed by atoms with Gasteiger partial charge in [-0.2, -0.15) is 10.4 Å². The number of hydrogen-bond donors (Lipinski definition) is 3. The molecule has 1 amide bonds. The zero-order chi connectivity index (χ0) is 24.1. The molecule has 1 aliphatic rings. The van der Waals surface area contributed by atoms with Crippen LogP contribution in [0, 0.1) is 11.3 Å². The molecule has 1 heterocycles. The monoisotopic (exact) mass is 473 g/mol. The third-order valence-electron chi connectivity index (χ3n) is 5.77. The smallest absolute Gasteiger partial charge is 0.361 e. The minimum Gasteiger partial charge on any atom is -0.365 e. The SMILES string of the molecule is CCOP(=O)(OCC)c1ccc(Nc2n[nH]c(C3(CC#N)CCC(=O)CC3)c2C(N)=O)cc1. The largest absolute Gasteiger partial charge is 0.365 e. The van der Waals surface area contributed by atoms with Gasteiger partial charge in [-0.3, -0.25) is 19.3 Å². The van der Waals surface area contributed by atoms with Gasteiger partial charge in [-0.1, -0.05) is 0 Å². The molecule has 1 saturated carbocycles. The number of hydrogen-bond acceptors (Lipinski definition) is 8. The van der Waals surface area contributed by atoms with Crippen molar-refractivity contribution in [1.29, 1.82) is 5.26 Å². The van der Waals surface area contributed by atoms with Crippen molar-refractivity contribution in [3.05, 3.63) is 35.5 Å². The first-order valence-corrected chi connectivity index (χ1v) is 12.4. The molecule has 0 bridgehead atoms. The van der Waals surface area contributed by atoms with Crippen LogP contribution in [0.15, 0.2) is 24.3 Å². The maximum atomic E-state index is 12.9. The summed E-state index contributed by atoms with van der Waals surface area (Å²) >= 11 is 0. The Balaban J connectivity index is 1.92. The lowest BCUT2D eigenvalue weighted by Crippen LogP contribution is -2.34. The fourth-order valence-corrected chi connectivity index (χ4v) is 5.69. The van der Waals surface area contributed by atoms with Gasteiger partial charge in [-0.05, 0) is 51.0 Å². The average molecular weight is 473 g/mol. The van der Waals surface area contributed by atoms with Gasteiger partial charge in [0, 0.05) is 30.4 Å². The molecule has 0 saturated heterocycles. The Morgan fingerprint density at radius 3 is 2.36 bits per heavy atom. The van der Waals surface area contributed by atoms with Crippen LogP contribution in [0.3, 0.4) is 0 Å². The van der Waals surface area contributed by atoms with Crippen molar-refractivity contribution in [3.8, 4) is 6.07 Å². The van der Waals surface area contributed by atoms with E-state index in [1.807, 2.05) is 0 Å². The molecule has 176 valence electrons. The standard InChI is InChI=1S/C22H28N5O5P/c1-3-31-33(30,32-4-2)17-7-5-15(6-8-17)25-21-18(20(24)29)19(26-27-21)22(13-14-23)11-9-16(28)10-12-22/h5-8H,3-4,9-13H2,1-2H3,(H2,24,29)(H2,25,26,27). The average Bonchev–Trinajstić information content (AvgIpc) is 3.21. The molecule has 11 heteroatoms. The number of aromatic nitrogens is 2. The molecule has 1 aliphatic carbocycles. The van der Waals surface area contributed by atoms with Crippen LogP contribution in [0.1, 0.15) is 62.0 Å². The maximum Gasteiger partial charge on any atom is 0.361 e. The molecule has 0 spiro atoms. The third-order valence-corrected chi connectivity index (χ3v) is 7.90. The number of carbonyl (C=O) groups excluding carboxylic acids is 2. The molecular formula is C22H28N5O5P. The number of nitrogens with two attached hydrogens (primary N) is 1. The molecule has 2 aromatic rings. The molecule has 4 N–H and O–H groups in total. The number of benzene rings is 1. The van der Waals surface area contributed by atoms with E-state index in [0.717, 1.165) is 0 Å². The van der Waals surface area contributed by atoms with Gasteiger partial charge < -0.3 is 20.1 Å². The quantitative estimate of drug-likeness (QED) is 0.442. The maximum absolute atomic E-state index is 12.9. The van der Waals surface area contributed by atoms with Crippen LogP contribution in [0.4, 0.5) is 11.5 Å². The van der Waals surface area contributed by atoms with E-state index < -0.39 is 18.9 Å². The summed E-state index contributed by atoms with van der Waals surface area (Å²) in [6.07, 6.45) is 1.70. The van der Waals surface area contributed by atoms with Crippen molar-refractivity contribution < 1.29 is 23.2 Å². The van der Waals surface area contributed by atoms with E-state index in [1.54, 1.807) is 38.1 Å². The van der Waals surface area contributed by atoms with Crippen LogP contribution >= 0.6 is 7.60 Å². The van der Waals surface area contributed by atoms with E-state index in [2.05, 4.69) is 21.6 Å². The summed E-state index contributed by atoms with van der Waals surface area (Å²) in [5.74, 6) is -0.333. The molecule has 1 fully saturated rings. The highest BCUT2D eigenvalue weighted by atomic mass is 31.2. The zero-order valence-corrected chi connectivity index (χ0v) is 19.6. The Bertz CT molecular complexity index is 1090. The molecule has 3 rings (SSSR count). The third kappa shape index (κ3) is 5.17. The lowest BCUT2D eigenvalue weighted by Gasteiger charge is -2.34. The fraction of sp³-hybridized carbons (Fsp3) is 0.455. The molecule has 33 heavy (non-hydrogen) atoms. The second-order valence-corrected chi connectivity index (χ2v) is 9.87. The first kappa shape index (κ1) is 24.6. The number of rotatable bonds is 10. The van der Waals surface area contributed by atoms with Gasteiger partial charge in [0.2, 0.25) is 0 Å². The summed E-state index contributed by atoms with van der Waals surface area (Å²) < 4.78 is 23.7. The number of nitriles is 1. The first-order valence-electron chi connectivity index (χ1n) is 10.8. The summed E-state index contributed by atoms with van der Waals surface area (Å²) in [4.78, 5) is 24.2. The van der Waals surface area contributed by atoms with Gasteiger partial charge in [0.15, 0.2) is 5.82 Å². The molecular weight excluding hydrogens is 445 g/mol. The zero-order valence-electron chi connectivity index (χ0n) is 18.7. The number of Topliss-reactive ketones (excluding diaryl/α,β-unsaturated/α-hetero) is 1. The number of amides is 1. The highest BCUT2D eigenvalue weighted by Crippen LogP contribution is 2.47. The highest BCUT2D eigenvalue weighted by molar-refractivity contribution is 7.62. The van der Waals surface area contributed by atoms with Crippen LogP contribution in [0.5, 0.6) is 0 Å². The van der Waals surface area contributed by atoms with Gasteiger partial charge in [0.05, 0.1) is 30.3 Å². The summed E-state index contributed by atoms with van der Waals surface area (Å²) in [5, 5.41) is 20.0. The summed E-state index contributed by atoms with van der Waals surface area (Å²) in [6, 6.07) is 8.76. The van der Waals surface area contributed by atoms with Crippen molar-refractivity contribution in [2.45, 2.75) is 51.4 Å². The number of carbonyl (C=O) groups is 2. The van der Waals surface area contributed by atoms with E-state index in [1.165, 1.54) is 0 Å². The van der Waals surface area contributed by atoms with Gasteiger partial charge in [0.25, 0.3) is 5.91 Å². The van der Waals surface area contributed by atoms with Crippen LogP contribution < -0.4 is 16.4 Å². The van der Waals surface area contributed by atoms with E-state index >= 15 is 0 Å². The van der Waals surface area contributed by atoms with Crippen LogP contribution in [-0.2, 0) is 23.8 Å². The Labute approximate surface area is 192 Å². The Morgan fingerprint density at radius 1 is 1.24 bits per heavy atom. The number of nitrogens with one attached hydrogen (secondary N) is 2. The molecule has 1 aromatic heterocycles. The first-order chi connectivity index (χ1) is 15.8. The Hall–Kier alpha value is -2.99. The van der Waals surface area contributed by atoms with Crippen molar-refractivity contribution in [2.75, 3.05) is 18.5 Å². The van der Waals surface area contributed by atoms with Crippen molar-refractivity contribution in [3.63, 3.8) is 0 Å². The van der Waals surface area contributed by atoms with E-state index in [0.29, 0.717) is 42.4 Å². The van der Waals surface area contributed by atoms with E-state index in [4.69, 9.17) is 14.8 Å². The number of ketones is 1. The van der Waals surface area contributed by atoms with Crippen molar-refractivity contribution in [2.24, 2.45) is 5.73 Å². The summed E-state index contributed by atoms with van der Waals surface area (Å²) in [6.45, 7) is 3.96. The predicted octanol–water partition coefficient (Wildman–Crippen LogP) is 3.44. The highest BCUT2D eigenvalue weighted by Gasteiger charge is 2.41. The number of aromatic amines is 1. The van der Waals surface area contributed by atoms with Crippen LogP contribution in [-0.4, -0.2) is 35.1 Å². The van der Waals surface area contributed by atoms with E-state index in [-0.39, 0.29) is 36.8 Å².